The van der Waals surface area contributed by atoms with E-state index in [0.717, 1.165) is 12.7 Å². The molecule has 0 bridgehead atoms. The molecule has 0 saturated carbocycles. The van der Waals surface area contributed by atoms with E-state index >= 15 is 0 Å². The van der Waals surface area contributed by atoms with Crippen LogP contribution in [0.3, 0.4) is 0 Å². The molecule has 2 amide bonds. The van der Waals surface area contributed by atoms with Gasteiger partial charge in [-0.3, -0.25) is 4.79 Å². The highest BCUT2D eigenvalue weighted by Gasteiger charge is 2.29. The molecule has 0 heterocycles. The number of carbonyl (C=O) groups is 3. The number of methoxy groups -OCH3 is 1. The van der Waals surface area contributed by atoms with Crippen LogP contribution in [0.15, 0.2) is 30.3 Å². The maximum Gasteiger partial charge on any atom is 0.408 e. The predicted molar refractivity (Wildman–Crippen MR) is 89.4 cm³/mol. The van der Waals surface area contributed by atoms with Crippen molar-refractivity contribution in [3.8, 4) is 0 Å². The van der Waals surface area contributed by atoms with Crippen LogP contribution in [-0.2, 0) is 25.7 Å². The Balaban J connectivity index is 2.61. The van der Waals surface area contributed by atoms with Gasteiger partial charge in [-0.25, -0.2) is 9.59 Å². The molecule has 0 aromatic heterocycles. The summed E-state index contributed by atoms with van der Waals surface area (Å²) in [4.78, 5) is 35.7. The maximum atomic E-state index is 12.3. The SMILES string of the molecule is COC(=O)[C@H](CO)NC(=O)C(NC(=O)OCc1ccccc1)C(C)C. The standard InChI is InChI=1S/C17H24N2O6/c1-11(2)14(15(21)18-13(9-20)16(22)24-3)19-17(23)25-10-12-7-5-4-6-8-12/h4-8,11,13-14,20H,9-10H2,1-3H3,(H,18,21)(H,19,23)/t13-,14?/m0/s1. The minimum absolute atomic E-state index is 0.0700. The molecule has 1 unspecified atom stereocenters. The Kier molecular flexibility index (Phi) is 8.42. The number of rotatable bonds is 8. The van der Waals surface area contributed by atoms with Crippen LogP contribution in [0.4, 0.5) is 4.79 Å². The van der Waals surface area contributed by atoms with Gasteiger partial charge in [0, 0.05) is 0 Å². The first-order valence-electron chi connectivity index (χ1n) is 7.85. The lowest BCUT2D eigenvalue weighted by atomic mass is 10.0. The van der Waals surface area contributed by atoms with Crippen LogP contribution in [-0.4, -0.2) is 48.9 Å². The first kappa shape index (κ1) is 20.4. The van der Waals surface area contributed by atoms with E-state index in [4.69, 9.17) is 9.84 Å². The lowest BCUT2D eigenvalue weighted by Gasteiger charge is -2.23. The molecule has 3 N–H and O–H groups in total. The summed E-state index contributed by atoms with van der Waals surface area (Å²) >= 11 is 0. The summed E-state index contributed by atoms with van der Waals surface area (Å²) in [6.45, 7) is 2.92. The molecule has 0 aliphatic heterocycles. The van der Waals surface area contributed by atoms with Crippen molar-refractivity contribution in [2.45, 2.75) is 32.5 Å². The van der Waals surface area contributed by atoms with Crippen molar-refractivity contribution in [2.24, 2.45) is 5.92 Å². The van der Waals surface area contributed by atoms with Crippen LogP contribution in [0.1, 0.15) is 19.4 Å². The van der Waals surface area contributed by atoms with E-state index in [0.29, 0.717) is 0 Å². The average Bonchev–Trinajstić information content (AvgIpc) is 2.62. The lowest BCUT2D eigenvalue weighted by molar-refractivity contribution is -0.146. The van der Waals surface area contributed by atoms with E-state index in [2.05, 4.69) is 15.4 Å². The van der Waals surface area contributed by atoms with E-state index in [1.165, 1.54) is 0 Å². The van der Waals surface area contributed by atoms with Crippen molar-refractivity contribution < 1.29 is 29.0 Å². The van der Waals surface area contributed by atoms with Crippen molar-refractivity contribution in [2.75, 3.05) is 13.7 Å². The number of aliphatic hydroxyl groups is 1. The number of carbonyl (C=O) groups excluding carboxylic acids is 3. The number of nitrogens with one attached hydrogen (secondary N) is 2. The Morgan fingerprint density at radius 1 is 1.12 bits per heavy atom. The second kappa shape index (κ2) is 10.3. The fraction of sp³-hybridized carbons (Fsp3) is 0.471. The normalized spacial score (nSPS) is 12.8. The van der Waals surface area contributed by atoms with Crippen molar-refractivity contribution >= 4 is 18.0 Å². The summed E-state index contributed by atoms with van der Waals surface area (Å²) in [6, 6.07) is 6.99. The maximum absolute atomic E-state index is 12.3. The Morgan fingerprint density at radius 2 is 1.76 bits per heavy atom. The number of amides is 2. The van der Waals surface area contributed by atoms with E-state index in [1.807, 2.05) is 30.3 Å². The third-order valence-corrected chi connectivity index (χ3v) is 3.42. The number of esters is 1. The van der Waals surface area contributed by atoms with E-state index in [1.54, 1.807) is 13.8 Å². The van der Waals surface area contributed by atoms with E-state index in [-0.39, 0.29) is 12.5 Å². The monoisotopic (exact) mass is 352 g/mol. The van der Waals surface area contributed by atoms with Crippen LogP contribution in [0, 0.1) is 5.92 Å². The largest absolute Gasteiger partial charge is 0.467 e. The Morgan fingerprint density at radius 3 is 2.28 bits per heavy atom. The lowest BCUT2D eigenvalue weighted by Crippen LogP contribution is -2.54. The Hall–Kier alpha value is -2.61. The molecule has 0 aliphatic carbocycles. The predicted octanol–water partition coefficient (Wildman–Crippen LogP) is 0.587. The van der Waals surface area contributed by atoms with Gasteiger partial charge in [0.1, 0.15) is 12.6 Å². The zero-order valence-electron chi connectivity index (χ0n) is 14.5. The number of alkyl carbamates (subject to hydrolysis) is 1. The molecule has 0 radical (unpaired) electrons. The second-order valence-electron chi connectivity index (χ2n) is 5.69. The van der Waals surface area contributed by atoms with Crippen LogP contribution in [0.25, 0.3) is 0 Å². The third-order valence-electron chi connectivity index (χ3n) is 3.42. The van der Waals surface area contributed by atoms with Crippen LogP contribution in [0.2, 0.25) is 0 Å². The van der Waals surface area contributed by atoms with Gasteiger partial charge in [-0.1, -0.05) is 44.2 Å². The van der Waals surface area contributed by atoms with Gasteiger partial charge in [-0.2, -0.15) is 0 Å². The van der Waals surface area contributed by atoms with E-state index in [9.17, 15) is 14.4 Å². The molecule has 0 spiro atoms. The zero-order chi connectivity index (χ0) is 18.8. The fourth-order valence-electron chi connectivity index (χ4n) is 2.01. The first-order chi connectivity index (χ1) is 11.9. The molecule has 1 aromatic carbocycles. The number of hydrogen-bond acceptors (Lipinski definition) is 6. The fourth-order valence-corrected chi connectivity index (χ4v) is 2.01. The van der Waals surface area contributed by atoms with Crippen molar-refractivity contribution in [3.63, 3.8) is 0 Å². The molecule has 8 nitrogen and oxygen atoms in total. The smallest absolute Gasteiger partial charge is 0.408 e. The highest BCUT2D eigenvalue weighted by molar-refractivity contribution is 5.89. The molecule has 138 valence electrons. The molecule has 1 aromatic rings. The Bertz CT molecular complexity index is 576. The molecule has 0 aliphatic rings. The Labute approximate surface area is 146 Å². The molecular formula is C17H24N2O6. The highest BCUT2D eigenvalue weighted by atomic mass is 16.5. The number of ether oxygens (including phenoxy) is 2. The summed E-state index contributed by atoms with van der Waals surface area (Å²) in [6.07, 6.45) is -0.753. The highest BCUT2D eigenvalue weighted by Crippen LogP contribution is 2.05. The van der Waals surface area contributed by atoms with Gasteiger partial charge in [0.05, 0.1) is 13.7 Å². The number of hydrogen-bond donors (Lipinski definition) is 3. The minimum atomic E-state index is -1.19. The molecular weight excluding hydrogens is 328 g/mol. The van der Waals surface area contributed by atoms with Crippen molar-refractivity contribution in [1.82, 2.24) is 10.6 Å². The molecule has 8 heteroatoms. The van der Waals surface area contributed by atoms with Gasteiger partial charge in [0.2, 0.25) is 5.91 Å². The topological polar surface area (TPSA) is 114 Å². The average molecular weight is 352 g/mol. The zero-order valence-corrected chi connectivity index (χ0v) is 14.5. The van der Waals surface area contributed by atoms with Gasteiger partial charge >= 0.3 is 12.1 Å². The molecule has 25 heavy (non-hydrogen) atoms. The van der Waals surface area contributed by atoms with Gasteiger partial charge in [0.15, 0.2) is 6.04 Å². The summed E-state index contributed by atoms with van der Waals surface area (Å²) in [5, 5.41) is 14.0. The quantitative estimate of drug-likeness (QED) is 0.590. The third kappa shape index (κ3) is 6.80. The summed E-state index contributed by atoms with van der Waals surface area (Å²) in [5.74, 6) is -1.65. The van der Waals surface area contributed by atoms with Crippen molar-refractivity contribution in [1.29, 1.82) is 0 Å². The van der Waals surface area contributed by atoms with Crippen LogP contribution >= 0.6 is 0 Å². The van der Waals surface area contributed by atoms with Gasteiger partial charge in [0.25, 0.3) is 0 Å². The molecule has 1 rings (SSSR count). The first-order valence-corrected chi connectivity index (χ1v) is 7.85. The van der Waals surface area contributed by atoms with Gasteiger partial charge in [-0.05, 0) is 11.5 Å². The minimum Gasteiger partial charge on any atom is -0.467 e. The molecule has 0 fully saturated rings. The van der Waals surface area contributed by atoms with E-state index < -0.39 is 36.7 Å². The van der Waals surface area contributed by atoms with Gasteiger partial charge in [-0.15, -0.1) is 0 Å². The molecule has 2 atom stereocenters. The van der Waals surface area contributed by atoms with Gasteiger partial charge < -0.3 is 25.2 Å². The van der Waals surface area contributed by atoms with Crippen LogP contribution < -0.4 is 10.6 Å². The summed E-state index contributed by atoms with van der Waals surface area (Å²) in [5.41, 5.74) is 0.814. The number of aliphatic hydroxyl groups excluding tert-OH is 1. The van der Waals surface area contributed by atoms with Crippen molar-refractivity contribution in [3.05, 3.63) is 35.9 Å². The van der Waals surface area contributed by atoms with Crippen LogP contribution in [0.5, 0.6) is 0 Å². The summed E-state index contributed by atoms with van der Waals surface area (Å²) in [7, 11) is 1.15. The second-order valence-corrected chi connectivity index (χ2v) is 5.69. The summed E-state index contributed by atoms with van der Waals surface area (Å²) < 4.78 is 9.58. The molecule has 0 saturated heterocycles. The number of benzene rings is 1.